The highest BCUT2D eigenvalue weighted by Crippen LogP contribution is 2.26. The van der Waals surface area contributed by atoms with Crippen molar-refractivity contribution >= 4 is 17.6 Å². The zero-order valence-electron chi connectivity index (χ0n) is 9.54. The van der Waals surface area contributed by atoms with Gasteiger partial charge in [-0.3, -0.25) is 0 Å². The average molecular weight is 274 g/mol. The maximum absolute atomic E-state index is 12.6. The zero-order chi connectivity index (χ0) is 13.7. The average Bonchev–Trinajstić information content (AvgIpc) is 2.36. The van der Waals surface area contributed by atoms with Gasteiger partial charge in [0.05, 0.1) is 17.7 Å². The van der Waals surface area contributed by atoms with Crippen LogP contribution in [-0.2, 0) is 10.6 Å². The monoisotopic (exact) mass is 273 g/mol. The molecule has 0 bridgehead atoms. The van der Waals surface area contributed by atoms with Crippen molar-refractivity contribution in [1.82, 2.24) is 0 Å². The number of halogens is 3. The Kier molecular flexibility index (Phi) is 5.05. The summed E-state index contributed by atoms with van der Waals surface area (Å²) >= 11 is 5.62. The minimum absolute atomic E-state index is 0.0428. The van der Waals surface area contributed by atoms with Crippen molar-refractivity contribution in [2.45, 2.75) is 19.2 Å². The van der Waals surface area contributed by atoms with E-state index in [2.05, 4.69) is 0 Å². The van der Waals surface area contributed by atoms with E-state index in [9.17, 15) is 13.6 Å². The van der Waals surface area contributed by atoms with Gasteiger partial charge in [-0.25, -0.2) is 13.6 Å². The predicted octanol–water partition coefficient (Wildman–Crippen LogP) is 3.41. The van der Waals surface area contributed by atoms with Crippen LogP contribution in [-0.4, -0.2) is 12.6 Å². The maximum Gasteiger partial charge on any atom is 0.339 e. The molecule has 0 aromatic heterocycles. The van der Waals surface area contributed by atoms with E-state index in [1.807, 2.05) is 0 Å². The Morgan fingerprint density at radius 1 is 1.56 bits per heavy atom. The molecule has 0 aliphatic heterocycles. The number of carbonyl (C=O) groups excluding carboxylic acids is 1. The number of hydrogen-bond acceptors (Lipinski definition) is 3. The predicted molar refractivity (Wildman–Crippen MR) is 61.6 cm³/mol. The second-order valence-corrected chi connectivity index (χ2v) is 3.64. The highest BCUT2D eigenvalue weighted by Gasteiger charge is 2.21. The van der Waals surface area contributed by atoms with Gasteiger partial charge in [0, 0.05) is 11.4 Å². The standard InChI is InChI=1S/C12H10ClF2NO2/c1-2-18-12(17)10-8(5-13)3-7(11(14)15)4-9(10)6-16/h3-4,11H,2,5H2,1H3. The maximum atomic E-state index is 12.6. The molecule has 0 amide bonds. The molecule has 0 N–H and O–H groups in total. The summed E-state index contributed by atoms with van der Waals surface area (Å²) < 4.78 is 30.0. The van der Waals surface area contributed by atoms with Gasteiger partial charge in [0.1, 0.15) is 6.07 Å². The summed E-state index contributed by atoms with van der Waals surface area (Å²) in [6.07, 6.45) is -2.73. The molecular weight excluding hydrogens is 264 g/mol. The van der Waals surface area contributed by atoms with Gasteiger partial charge in [-0.15, -0.1) is 11.6 Å². The number of esters is 1. The van der Waals surface area contributed by atoms with Crippen molar-refractivity contribution in [3.05, 3.63) is 34.4 Å². The van der Waals surface area contributed by atoms with E-state index in [1.165, 1.54) is 0 Å². The fourth-order valence-electron chi connectivity index (χ4n) is 1.49. The molecule has 0 saturated carbocycles. The summed E-state index contributed by atoms with van der Waals surface area (Å²) in [5.74, 6) is -0.880. The van der Waals surface area contributed by atoms with Gasteiger partial charge in [0.2, 0.25) is 0 Å². The van der Waals surface area contributed by atoms with Gasteiger partial charge in [0.25, 0.3) is 6.43 Å². The van der Waals surface area contributed by atoms with Crippen LogP contribution in [0.5, 0.6) is 0 Å². The Labute approximate surface area is 108 Å². The van der Waals surface area contributed by atoms with E-state index < -0.39 is 12.4 Å². The van der Waals surface area contributed by atoms with Crippen LogP contribution < -0.4 is 0 Å². The molecule has 6 heteroatoms. The van der Waals surface area contributed by atoms with Gasteiger partial charge < -0.3 is 4.74 Å². The first-order valence-corrected chi connectivity index (χ1v) is 5.66. The third-order valence-corrected chi connectivity index (χ3v) is 2.53. The molecule has 0 spiro atoms. The Balaban J connectivity index is 3.40. The third-order valence-electron chi connectivity index (χ3n) is 2.24. The largest absolute Gasteiger partial charge is 0.462 e. The number of ether oxygens (including phenoxy) is 1. The fourth-order valence-corrected chi connectivity index (χ4v) is 1.70. The first-order chi connectivity index (χ1) is 8.54. The molecule has 0 aliphatic rings. The van der Waals surface area contributed by atoms with E-state index in [1.54, 1.807) is 13.0 Å². The van der Waals surface area contributed by atoms with Crippen LogP contribution >= 0.6 is 11.6 Å². The molecule has 0 radical (unpaired) electrons. The topological polar surface area (TPSA) is 50.1 Å². The van der Waals surface area contributed by atoms with E-state index >= 15 is 0 Å². The molecule has 18 heavy (non-hydrogen) atoms. The van der Waals surface area contributed by atoms with Crippen molar-refractivity contribution in [2.24, 2.45) is 0 Å². The highest BCUT2D eigenvalue weighted by molar-refractivity contribution is 6.17. The van der Waals surface area contributed by atoms with E-state index in [0.717, 1.165) is 12.1 Å². The molecule has 1 aromatic rings. The molecule has 0 aliphatic carbocycles. The van der Waals surface area contributed by atoms with Crippen LogP contribution in [0.15, 0.2) is 12.1 Å². The number of nitrogens with zero attached hydrogens (tertiary/aromatic N) is 1. The SMILES string of the molecule is CCOC(=O)c1c(C#N)cc(C(F)F)cc1CCl. The van der Waals surface area contributed by atoms with Crippen LogP contribution in [0.25, 0.3) is 0 Å². The molecule has 0 saturated heterocycles. The summed E-state index contributed by atoms with van der Waals surface area (Å²) in [4.78, 5) is 11.7. The van der Waals surface area contributed by atoms with E-state index in [4.69, 9.17) is 21.6 Å². The Hall–Kier alpha value is -1.67. The van der Waals surface area contributed by atoms with Gasteiger partial charge in [-0.2, -0.15) is 5.26 Å². The normalized spacial score (nSPS) is 10.2. The lowest BCUT2D eigenvalue weighted by molar-refractivity contribution is 0.0524. The van der Waals surface area contributed by atoms with Crippen LogP contribution in [0.2, 0.25) is 0 Å². The van der Waals surface area contributed by atoms with Crippen molar-refractivity contribution < 1.29 is 18.3 Å². The first-order valence-electron chi connectivity index (χ1n) is 5.13. The van der Waals surface area contributed by atoms with Crippen molar-refractivity contribution in [1.29, 1.82) is 5.26 Å². The third kappa shape index (κ3) is 2.96. The summed E-state index contributed by atoms with van der Waals surface area (Å²) in [7, 11) is 0. The van der Waals surface area contributed by atoms with Gasteiger partial charge in [-0.05, 0) is 24.6 Å². The Bertz CT molecular complexity index is 498. The number of rotatable bonds is 4. The number of benzene rings is 1. The summed E-state index contributed by atoms with van der Waals surface area (Å²) in [5, 5.41) is 8.92. The quantitative estimate of drug-likeness (QED) is 0.624. The number of alkyl halides is 3. The van der Waals surface area contributed by atoms with Crippen LogP contribution in [0.4, 0.5) is 8.78 Å². The molecule has 1 aromatic carbocycles. The molecule has 96 valence electrons. The number of carbonyl (C=O) groups is 1. The highest BCUT2D eigenvalue weighted by atomic mass is 35.5. The summed E-state index contributed by atoms with van der Waals surface area (Å²) in [6, 6.07) is 3.81. The summed E-state index contributed by atoms with van der Waals surface area (Å²) in [5.41, 5.74) is -0.361. The lowest BCUT2D eigenvalue weighted by Crippen LogP contribution is -2.11. The van der Waals surface area contributed by atoms with E-state index in [0.29, 0.717) is 0 Å². The smallest absolute Gasteiger partial charge is 0.339 e. The molecule has 0 unspecified atom stereocenters. The number of nitriles is 1. The minimum atomic E-state index is -2.73. The Morgan fingerprint density at radius 2 is 2.22 bits per heavy atom. The van der Waals surface area contributed by atoms with Crippen molar-refractivity contribution in [3.8, 4) is 6.07 Å². The van der Waals surface area contributed by atoms with Gasteiger partial charge in [-0.1, -0.05) is 0 Å². The minimum Gasteiger partial charge on any atom is -0.462 e. The Morgan fingerprint density at radius 3 is 2.67 bits per heavy atom. The lowest BCUT2D eigenvalue weighted by Gasteiger charge is -2.11. The van der Waals surface area contributed by atoms with Gasteiger partial charge >= 0.3 is 5.97 Å². The number of hydrogen-bond donors (Lipinski definition) is 0. The summed E-state index contributed by atoms with van der Waals surface area (Å²) in [6.45, 7) is 1.74. The van der Waals surface area contributed by atoms with Crippen molar-refractivity contribution in [3.63, 3.8) is 0 Å². The second-order valence-electron chi connectivity index (χ2n) is 3.37. The van der Waals surface area contributed by atoms with Crippen LogP contribution in [0, 0.1) is 11.3 Å². The molecule has 3 nitrogen and oxygen atoms in total. The fraction of sp³-hybridized carbons (Fsp3) is 0.333. The zero-order valence-corrected chi connectivity index (χ0v) is 10.3. The lowest BCUT2D eigenvalue weighted by atomic mass is 9.99. The molecular formula is C12H10ClF2NO2. The van der Waals surface area contributed by atoms with E-state index in [-0.39, 0.29) is 34.7 Å². The molecule has 0 heterocycles. The molecule has 0 atom stereocenters. The first kappa shape index (κ1) is 14.4. The van der Waals surface area contributed by atoms with Crippen LogP contribution in [0.3, 0.4) is 0 Å². The van der Waals surface area contributed by atoms with Gasteiger partial charge in [0.15, 0.2) is 0 Å². The van der Waals surface area contributed by atoms with Crippen molar-refractivity contribution in [2.75, 3.05) is 6.61 Å². The second kappa shape index (κ2) is 6.31. The molecule has 0 fully saturated rings. The van der Waals surface area contributed by atoms with Crippen LogP contribution in [0.1, 0.15) is 40.4 Å². The molecule has 1 rings (SSSR count).